The molecule has 1 nitrogen and oxygen atoms in total. The molecule has 3 aliphatic carbocycles. The number of hydrogen-bond acceptors (Lipinski definition) is 1. The number of benzene rings is 8. The number of fused-ring (bicyclic) bond motifs is 4. The lowest BCUT2D eigenvalue weighted by atomic mass is 9.67. The minimum Gasteiger partial charge on any atom is -0.310 e. The highest BCUT2D eigenvalue weighted by Gasteiger charge is 2.47. The maximum atomic E-state index is 2.50. The van der Waals surface area contributed by atoms with Crippen LogP contribution in [0, 0.1) is 5.92 Å². The molecule has 0 saturated heterocycles. The van der Waals surface area contributed by atoms with E-state index in [4.69, 9.17) is 0 Å². The molecule has 0 N–H and O–H groups in total. The van der Waals surface area contributed by atoms with E-state index >= 15 is 0 Å². The lowest BCUT2D eigenvalue weighted by Gasteiger charge is -2.37. The van der Waals surface area contributed by atoms with Crippen LogP contribution in [0.5, 0.6) is 0 Å². The Labute approximate surface area is 353 Å². The van der Waals surface area contributed by atoms with Crippen LogP contribution in [0.3, 0.4) is 0 Å². The summed E-state index contributed by atoms with van der Waals surface area (Å²) in [5, 5.41) is 0. The van der Waals surface area contributed by atoms with Gasteiger partial charge in [0.25, 0.3) is 0 Å². The molecule has 60 heavy (non-hydrogen) atoms. The second-order valence-electron chi connectivity index (χ2n) is 15.9. The molecule has 8 aromatic carbocycles. The maximum absolute atomic E-state index is 2.50. The highest BCUT2D eigenvalue weighted by atomic mass is 15.1. The van der Waals surface area contributed by atoms with Crippen molar-refractivity contribution in [2.75, 3.05) is 4.90 Å². The molecule has 0 radical (unpaired) electrons. The molecule has 0 amide bonds. The van der Waals surface area contributed by atoms with Gasteiger partial charge in [-0.25, -0.2) is 0 Å². The Morgan fingerprint density at radius 3 is 1.72 bits per heavy atom. The fourth-order valence-electron chi connectivity index (χ4n) is 10.4. The summed E-state index contributed by atoms with van der Waals surface area (Å²) in [7, 11) is 0. The van der Waals surface area contributed by atoms with E-state index in [1.165, 1.54) is 72.5 Å². The smallest absolute Gasteiger partial charge is 0.0713 e. The SMILES string of the molecule is C1=CC2=CC=CC(c3ccccc3N(c3ccccc3)c3ccccc3-c3cccc4c3-c3ccccc3C4(c3ccccc3)c3ccccc3)C2C(c2ccccc2)=C1. The van der Waals surface area contributed by atoms with E-state index in [9.17, 15) is 0 Å². The minimum atomic E-state index is -0.484. The fraction of sp³-hybridized carbons (Fsp3) is 0.0508. The molecule has 3 aliphatic rings. The molecule has 8 aromatic rings. The van der Waals surface area contributed by atoms with Gasteiger partial charge < -0.3 is 4.90 Å². The van der Waals surface area contributed by atoms with Gasteiger partial charge in [-0.2, -0.15) is 0 Å². The lowest BCUT2D eigenvalue weighted by Crippen LogP contribution is -2.28. The highest BCUT2D eigenvalue weighted by molar-refractivity contribution is 6.00. The Balaban J connectivity index is 1.13. The number of allylic oxidation sites excluding steroid dienone is 8. The van der Waals surface area contributed by atoms with Crippen LogP contribution in [0.2, 0.25) is 0 Å². The third kappa shape index (κ3) is 5.69. The molecular formula is C59H43N. The van der Waals surface area contributed by atoms with Crippen LogP contribution in [0.15, 0.2) is 254 Å². The van der Waals surface area contributed by atoms with E-state index in [0.717, 1.165) is 11.4 Å². The van der Waals surface area contributed by atoms with E-state index in [1.54, 1.807) is 0 Å². The summed E-state index contributed by atoms with van der Waals surface area (Å²) in [6, 6.07) is 78.1. The van der Waals surface area contributed by atoms with Gasteiger partial charge >= 0.3 is 0 Å². The molecule has 2 unspecified atom stereocenters. The summed E-state index contributed by atoms with van der Waals surface area (Å²) in [5.74, 6) is 0.288. The molecular weight excluding hydrogens is 723 g/mol. The highest BCUT2D eigenvalue weighted by Crippen LogP contribution is 2.59. The van der Waals surface area contributed by atoms with Gasteiger partial charge in [-0.15, -0.1) is 0 Å². The predicted octanol–water partition coefficient (Wildman–Crippen LogP) is 15.0. The Hall–Kier alpha value is -7.48. The molecule has 0 bridgehead atoms. The van der Waals surface area contributed by atoms with Crippen molar-refractivity contribution >= 4 is 22.6 Å². The first-order valence-electron chi connectivity index (χ1n) is 21.0. The van der Waals surface area contributed by atoms with Gasteiger partial charge in [0.15, 0.2) is 0 Å². The first-order chi connectivity index (χ1) is 29.8. The molecule has 284 valence electrons. The van der Waals surface area contributed by atoms with Crippen molar-refractivity contribution in [2.24, 2.45) is 5.92 Å². The van der Waals surface area contributed by atoms with Crippen molar-refractivity contribution in [1.29, 1.82) is 0 Å². The van der Waals surface area contributed by atoms with Crippen molar-refractivity contribution in [3.05, 3.63) is 288 Å². The zero-order valence-corrected chi connectivity index (χ0v) is 33.3. The summed E-state index contributed by atoms with van der Waals surface area (Å²) >= 11 is 0. The third-order valence-electron chi connectivity index (χ3n) is 12.8. The summed E-state index contributed by atoms with van der Waals surface area (Å²) in [4.78, 5) is 2.50. The fourth-order valence-corrected chi connectivity index (χ4v) is 10.4. The average Bonchev–Trinajstić information content (AvgIpc) is 3.64. The molecule has 0 aliphatic heterocycles. The number of anilines is 3. The van der Waals surface area contributed by atoms with E-state index in [-0.39, 0.29) is 11.8 Å². The van der Waals surface area contributed by atoms with Crippen molar-refractivity contribution in [3.8, 4) is 22.3 Å². The van der Waals surface area contributed by atoms with E-state index in [2.05, 4.69) is 254 Å². The van der Waals surface area contributed by atoms with Gasteiger partial charge in [-0.3, -0.25) is 0 Å². The molecule has 0 spiro atoms. The van der Waals surface area contributed by atoms with Crippen LogP contribution < -0.4 is 4.90 Å². The first-order valence-corrected chi connectivity index (χ1v) is 21.0. The van der Waals surface area contributed by atoms with Crippen molar-refractivity contribution in [1.82, 2.24) is 0 Å². The molecule has 2 atom stereocenters. The second-order valence-corrected chi connectivity index (χ2v) is 15.9. The summed E-state index contributed by atoms with van der Waals surface area (Å²) < 4.78 is 0. The molecule has 0 aromatic heterocycles. The number of para-hydroxylation sites is 3. The van der Waals surface area contributed by atoms with Crippen LogP contribution >= 0.6 is 0 Å². The topological polar surface area (TPSA) is 3.24 Å². The molecule has 1 heteroatoms. The molecule has 0 heterocycles. The maximum Gasteiger partial charge on any atom is 0.0713 e. The monoisotopic (exact) mass is 765 g/mol. The Morgan fingerprint density at radius 2 is 0.983 bits per heavy atom. The van der Waals surface area contributed by atoms with Crippen LogP contribution in [0.4, 0.5) is 17.1 Å². The number of nitrogens with zero attached hydrogens (tertiary/aromatic N) is 1. The van der Waals surface area contributed by atoms with Crippen LogP contribution in [0.1, 0.15) is 39.3 Å². The lowest BCUT2D eigenvalue weighted by molar-refractivity contribution is 0.687. The summed E-state index contributed by atoms with van der Waals surface area (Å²) in [5.41, 5.74) is 18.3. The molecule has 11 rings (SSSR count). The Bertz CT molecular complexity index is 2930. The predicted molar refractivity (Wildman–Crippen MR) is 251 cm³/mol. The van der Waals surface area contributed by atoms with E-state index in [0.29, 0.717) is 0 Å². The summed E-state index contributed by atoms with van der Waals surface area (Å²) in [6.07, 6.45) is 13.8. The van der Waals surface area contributed by atoms with Gasteiger partial charge in [-0.05, 0) is 85.5 Å². The number of rotatable bonds is 8. The van der Waals surface area contributed by atoms with Gasteiger partial charge in [0.2, 0.25) is 0 Å². The summed E-state index contributed by atoms with van der Waals surface area (Å²) in [6.45, 7) is 0. The Kier molecular flexibility index (Phi) is 8.94. The van der Waals surface area contributed by atoms with Crippen LogP contribution in [-0.4, -0.2) is 0 Å². The van der Waals surface area contributed by atoms with E-state index < -0.39 is 5.41 Å². The normalized spacial score (nSPS) is 16.9. The Morgan fingerprint density at radius 1 is 0.417 bits per heavy atom. The molecule has 0 fully saturated rings. The van der Waals surface area contributed by atoms with Crippen molar-refractivity contribution in [3.63, 3.8) is 0 Å². The quantitative estimate of drug-likeness (QED) is 0.149. The third-order valence-corrected chi connectivity index (χ3v) is 12.8. The van der Waals surface area contributed by atoms with Gasteiger partial charge in [0.05, 0.1) is 11.1 Å². The van der Waals surface area contributed by atoms with E-state index in [1.807, 2.05) is 0 Å². The zero-order valence-electron chi connectivity index (χ0n) is 33.3. The molecule has 0 saturated carbocycles. The largest absolute Gasteiger partial charge is 0.310 e. The van der Waals surface area contributed by atoms with Crippen molar-refractivity contribution in [2.45, 2.75) is 11.3 Å². The average molecular weight is 766 g/mol. The van der Waals surface area contributed by atoms with Gasteiger partial charge in [0.1, 0.15) is 0 Å². The second kappa shape index (κ2) is 15.0. The van der Waals surface area contributed by atoms with Crippen molar-refractivity contribution < 1.29 is 0 Å². The number of hydrogen-bond donors (Lipinski definition) is 0. The minimum absolute atomic E-state index is 0.112. The van der Waals surface area contributed by atoms with Crippen LogP contribution in [-0.2, 0) is 5.41 Å². The zero-order chi connectivity index (χ0) is 39.9. The van der Waals surface area contributed by atoms with Gasteiger partial charge in [0, 0.05) is 28.8 Å². The standard InChI is InChI=1S/C59H43N/c1-5-22-42(23-6-1)47-35-19-24-43-25-20-36-50(57(43)47)48-32-14-17-40-55(48)60(46-30-11-4-12-31-46)56-41-18-15-33-49(56)51-37-21-39-54-58(51)52-34-13-16-38-53(52)59(54,44-26-7-2-8-27-44)45-28-9-3-10-29-45/h1-41,50,57H. The first kappa shape index (κ1) is 35.7. The van der Waals surface area contributed by atoms with Crippen LogP contribution in [0.25, 0.3) is 27.8 Å². The van der Waals surface area contributed by atoms with Gasteiger partial charge in [-0.1, -0.05) is 225 Å².